The van der Waals surface area contributed by atoms with E-state index < -0.39 is 10.0 Å². The van der Waals surface area contributed by atoms with Crippen LogP contribution in [0.4, 0.5) is 0 Å². The summed E-state index contributed by atoms with van der Waals surface area (Å²) in [6.07, 6.45) is 1.03. The molecule has 0 unspecified atom stereocenters. The topological polar surface area (TPSA) is 84.0 Å². The summed E-state index contributed by atoms with van der Waals surface area (Å²) in [4.78, 5) is 26.7. The molecule has 0 aliphatic carbocycles. The average molecular weight is 523 g/mol. The van der Waals surface area contributed by atoms with Crippen LogP contribution in [0.5, 0.6) is 0 Å². The summed E-state index contributed by atoms with van der Waals surface area (Å²) in [5, 5.41) is 0. The Morgan fingerprint density at radius 2 is 1.69 bits per heavy atom. The molecule has 0 spiro atoms. The van der Waals surface area contributed by atoms with Gasteiger partial charge in [0.25, 0.3) is 0 Å². The number of rotatable bonds is 8. The van der Waals surface area contributed by atoms with E-state index in [4.69, 9.17) is 4.74 Å². The monoisotopic (exact) mass is 522 g/mol. The minimum absolute atomic E-state index is 0.0876. The molecule has 1 amide bonds. The highest BCUT2D eigenvalue weighted by atomic mass is 79.9. The third-order valence-corrected chi connectivity index (χ3v) is 7.77. The molecule has 2 aromatic rings. The number of piperidine rings is 1. The van der Waals surface area contributed by atoms with E-state index in [0.29, 0.717) is 32.5 Å². The SMILES string of the molecule is CCOC(=O)C1CCN(C(=O)CN(Cc2ccccc2)S(=O)(=O)c2ccc(Br)cc2)CC1. The highest BCUT2D eigenvalue weighted by molar-refractivity contribution is 9.10. The molecule has 0 radical (unpaired) electrons. The van der Waals surface area contributed by atoms with Crippen LogP contribution < -0.4 is 0 Å². The second kappa shape index (κ2) is 11.1. The van der Waals surface area contributed by atoms with Gasteiger partial charge in [-0.25, -0.2) is 8.42 Å². The highest BCUT2D eigenvalue weighted by Crippen LogP contribution is 2.23. The van der Waals surface area contributed by atoms with Crippen LogP contribution in [0, 0.1) is 5.92 Å². The van der Waals surface area contributed by atoms with E-state index in [-0.39, 0.29) is 35.8 Å². The van der Waals surface area contributed by atoms with Crippen molar-refractivity contribution in [3.8, 4) is 0 Å². The van der Waals surface area contributed by atoms with Crippen LogP contribution in [0.25, 0.3) is 0 Å². The van der Waals surface area contributed by atoms with Gasteiger partial charge in [0.15, 0.2) is 0 Å². The number of hydrogen-bond acceptors (Lipinski definition) is 5. The number of nitrogens with zero attached hydrogens (tertiary/aromatic N) is 2. The molecule has 0 bridgehead atoms. The number of amides is 1. The van der Waals surface area contributed by atoms with Crippen molar-refractivity contribution in [3.63, 3.8) is 0 Å². The molecule has 7 nitrogen and oxygen atoms in total. The first kappa shape index (κ1) is 24.4. The molecule has 1 saturated heterocycles. The Balaban J connectivity index is 1.75. The van der Waals surface area contributed by atoms with Crippen molar-refractivity contribution in [2.24, 2.45) is 5.92 Å². The zero-order valence-corrected chi connectivity index (χ0v) is 20.3. The fraction of sp³-hybridized carbons (Fsp3) is 0.391. The summed E-state index contributed by atoms with van der Waals surface area (Å²) in [5.41, 5.74) is 0.794. The first-order valence-electron chi connectivity index (χ1n) is 10.6. The molecule has 0 saturated carbocycles. The molecular formula is C23H27BrN2O5S. The third-order valence-electron chi connectivity index (χ3n) is 5.43. The maximum absolute atomic E-state index is 13.4. The number of sulfonamides is 1. The molecule has 2 aromatic carbocycles. The van der Waals surface area contributed by atoms with Crippen molar-refractivity contribution in [1.82, 2.24) is 9.21 Å². The van der Waals surface area contributed by atoms with Crippen molar-refractivity contribution in [2.75, 3.05) is 26.2 Å². The van der Waals surface area contributed by atoms with Crippen LogP contribution in [-0.4, -0.2) is 55.7 Å². The van der Waals surface area contributed by atoms with Gasteiger partial charge in [0.1, 0.15) is 0 Å². The number of hydrogen-bond donors (Lipinski definition) is 0. The summed E-state index contributed by atoms with van der Waals surface area (Å²) in [7, 11) is -3.89. The number of carbonyl (C=O) groups is 2. The summed E-state index contributed by atoms with van der Waals surface area (Å²) in [6, 6.07) is 15.6. The molecule has 0 aromatic heterocycles. The largest absolute Gasteiger partial charge is 0.466 e. The van der Waals surface area contributed by atoms with Gasteiger partial charge in [-0.1, -0.05) is 46.3 Å². The molecule has 32 heavy (non-hydrogen) atoms. The Morgan fingerprint density at radius 1 is 1.06 bits per heavy atom. The van der Waals surface area contributed by atoms with E-state index in [1.807, 2.05) is 30.3 Å². The second-order valence-electron chi connectivity index (χ2n) is 7.62. The molecule has 1 aliphatic heterocycles. The standard InChI is InChI=1S/C23H27BrN2O5S/c1-2-31-23(28)19-12-14-25(15-13-19)22(27)17-26(16-18-6-4-3-5-7-18)32(29,30)21-10-8-20(24)9-11-21/h3-11,19H,2,12-17H2,1H3. The van der Waals surface area contributed by atoms with Gasteiger partial charge in [0.2, 0.25) is 15.9 Å². The van der Waals surface area contributed by atoms with Gasteiger partial charge in [0.05, 0.1) is 24.0 Å². The van der Waals surface area contributed by atoms with Crippen LogP contribution in [0.3, 0.4) is 0 Å². The Kier molecular flexibility index (Phi) is 8.44. The lowest BCUT2D eigenvalue weighted by Crippen LogP contribution is -2.46. The Labute approximate surface area is 197 Å². The van der Waals surface area contributed by atoms with Crippen LogP contribution in [0.1, 0.15) is 25.3 Å². The number of carbonyl (C=O) groups excluding carboxylic acids is 2. The van der Waals surface area contributed by atoms with E-state index >= 15 is 0 Å². The molecule has 1 fully saturated rings. The lowest BCUT2D eigenvalue weighted by atomic mass is 9.97. The maximum Gasteiger partial charge on any atom is 0.309 e. The Bertz CT molecular complexity index is 1020. The van der Waals surface area contributed by atoms with Crippen LogP contribution >= 0.6 is 15.9 Å². The fourth-order valence-electron chi connectivity index (χ4n) is 3.64. The van der Waals surface area contributed by atoms with Crippen molar-refractivity contribution in [2.45, 2.75) is 31.2 Å². The highest BCUT2D eigenvalue weighted by Gasteiger charge is 2.32. The molecule has 172 valence electrons. The number of benzene rings is 2. The summed E-state index contributed by atoms with van der Waals surface area (Å²) >= 11 is 3.32. The first-order valence-corrected chi connectivity index (χ1v) is 12.8. The van der Waals surface area contributed by atoms with Gasteiger partial charge < -0.3 is 9.64 Å². The van der Waals surface area contributed by atoms with Crippen molar-refractivity contribution >= 4 is 37.8 Å². The summed E-state index contributed by atoms with van der Waals surface area (Å²) < 4.78 is 33.8. The van der Waals surface area contributed by atoms with Crippen LogP contribution in [0.2, 0.25) is 0 Å². The lowest BCUT2D eigenvalue weighted by molar-refractivity contribution is -0.151. The van der Waals surface area contributed by atoms with Crippen molar-refractivity contribution < 1.29 is 22.7 Å². The molecular weight excluding hydrogens is 496 g/mol. The lowest BCUT2D eigenvalue weighted by Gasteiger charge is -2.32. The molecule has 9 heteroatoms. The van der Waals surface area contributed by atoms with Gasteiger partial charge in [0, 0.05) is 24.1 Å². The zero-order chi connectivity index (χ0) is 23.1. The molecule has 0 N–H and O–H groups in total. The third kappa shape index (κ3) is 6.17. The Morgan fingerprint density at radius 3 is 2.28 bits per heavy atom. The normalized spacial score (nSPS) is 15.0. The second-order valence-corrected chi connectivity index (χ2v) is 10.5. The van der Waals surface area contributed by atoms with Crippen LogP contribution in [0.15, 0.2) is 64.0 Å². The maximum atomic E-state index is 13.4. The summed E-state index contributed by atoms with van der Waals surface area (Å²) in [5.74, 6) is -0.724. The minimum Gasteiger partial charge on any atom is -0.466 e. The predicted octanol–water partition coefficient (Wildman–Crippen LogP) is 3.44. The number of halogens is 1. The zero-order valence-electron chi connectivity index (χ0n) is 17.9. The quantitative estimate of drug-likeness (QED) is 0.495. The Hall–Kier alpha value is -2.23. The minimum atomic E-state index is -3.89. The van der Waals surface area contributed by atoms with Gasteiger partial charge in [-0.2, -0.15) is 4.31 Å². The fourth-order valence-corrected chi connectivity index (χ4v) is 5.29. The van der Waals surface area contributed by atoms with E-state index in [9.17, 15) is 18.0 Å². The number of likely N-dealkylation sites (tertiary alicyclic amines) is 1. The smallest absolute Gasteiger partial charge is 0.309 e. The van der Waals surface area contributed by atoms with Gasteiger partial charge in [-0.3, -0.25) is 9.59 Å². The molecule has 0 atom stereocenters. The molecule has 1 heterocycles. The van der Waals surface area contributed by atoms with Gasteiger partial charge in [-0.05, 0) is 49.6 Å². The van der Waals surface area contributed by atoms with E-state index in [0.717, 1.165) is 10.0 Å². The first-order chi connectivity index (χ1) is 15.3. The van der Waals surface area contributed by atoms with Crippen molar-refractivity contribution in [1.29, 1.82) is 0 Å². The van der Waals surface area contributed by atoms with E-state index in [1.165, 1.54) is 16.4 Å². The predicted molar refractivity (Wildman–Crippen MR) is 124 cm³/mol. The van der Waals surface area contributed by atoms with Crippen molar-refractivity contribution in [3.05, 3.63) is 64.6 Å². The van der Waals surface area contributed by atoms with Gasteiger partial charge >= 0.3 is 5.97 Å². The molecule has 3 rings (SSSR count). The van der Waals surface area contributed by atoms with Crippen LogP contribution in [-0.2, 0) is 30.9 Å². The number of ether oxygens (including phenoxy) is 1. The average Bonchev–Trinajstić information content (AvgIpc) is 2.80. The van der Waals surface area contributed by atoms with E-state index in [1.54, 1.807) is 24.0 Å². The summed E-state index contributed by atoms with van der Waals surface area (Å²) in [6.45, 7) is 2.73. The molecule has 1 aliphatic rings. The van der Waals surface area contributed by atoms with E-state index in [2.05, 4.69) is 15.9 Å². The number of esters is 1. The van der Waals surface area contributed by atoms with Gasteiger partial charge in [-0.15, -0.1) is 0 Å².